The average Bonchev–Trinajstić information content (AvgIpc) is 2.42. The van der Waals surface area contributed by atoms with Gasteiger partial charge in [-0.1, -0.05) is 0 Å². The molecule has 21 heavy (non-hydrogen) atoms. The third-order valence-electron chi connectivity index (χ3n) is 2.50. The lowest BCUT2D eigenvalue weighted by molar-refractivity contribution is -0.148. The SMILES string of the molecule is CCOC(=O)C(C)COP(C)(=O)OCC(C)C(=O)OCC. The lowest BCUT2D eigenvalue weighted by Crippen LogP contribution is -2.21. The van der Waals surface area contributed by atoms with Crippen molar-refractivity contribution in [3.63, 3.8) is 0 Å². The van der Waals surface area contributed by atoms with Crippen molar-refractivity contribution >= 4 is 19.5 Å². The van der Waals surface area contributed by atoms with Crippen LogP contribution >= 0.6 is 7.60 Å². The van der Waals surface area contributed by atoms with E-state index in [4.69, 9.17) is 18.5 Å². The third kappa shape index (κ3) is 8.86. The van der Waals surface area contributed by atoms with Crippen LogP contribution in [0, 0.1) is 11.8 Å². The smallest absolute Gasteiger partial charge is 0.327 e. The number of carbonyl (C=O) groups is 2. The first-order valence-electron chi connectivity index (χ1n) is 6.93. The molecular formula is C13H25O7P. The summed E-state index contributed by atoms with van der Waals surface area (Å²) in [4.78, 5) is 22.8. The van der Waals surface area contributed by atoms with Gasteiger partial charge >= 0.3 is 19.5 Å². The van der Waals surface area contributed by atoms with Gasteiger partial charge in [0, 0.05) is 6.66 Å². The Morgan fingerprint density at radius 3 is 1.52 bits per heavy atom. The van der Waals surface area contributed by atoms with Crippen LogP contribution in [0.4, 0.5) is 0 Å². The van der Waals surface area contributed by atoms with E-state index in [1.54, 1.807) is 27.7 Å². The summed E-state index contributed by atoms with van der Waals surface area (Å²) in [6.07, 6.45) is 0. The van der Waals surface area contributed by atoms with Gasteiger partial charge in [0.25, 0.3) is 0 Å². The van der Waals surface area contributed by atoms with E-state index in [-0.39, 0.29) is 26.4 Å². The van der Waals surface area contributed by atoms with E-state index in [0.717, 1.165) is 0 Å². The zero-order chi connectivity index (χ0) is 16.5. The molecule has 0 aliphatic carbocycles. The van der Waals surface area contributed by atoms with Crippen molar-refractivity contribution < 1.29 is 32.7 Å². The van der Waals surface area contributed by atoms with E-state index < -0.39 is 31.4 Å². The highest BCUT2D eigenvalue weighted by molar-refractivity contribution is 7.52. The maximum Gasteiger partial charge on any atom is 0.327 e. The summed E-state index contributed by atoms with van der Waals surface area (Å²) >= 11 is 0. The normalized spacial score (nSPS) is 16.6. The molecule has 0 spiro atoms. The highest BCUT2D eigenvalue weighted by atomic mass is 31.2. The zero-order valence-electron chi connectivity index (χ0n) is 13.3. The van der Waals surface area contributed by atoms with Crippen molar-refractivity contribution in [1.29, 1.82) is 0 Å². The van der Waals surface area contributed by atoms with Gasteiger partial charge in [0.2, 0.25) is 0 Å². The van der Waals surface area contributed by atoms with E-state index >= 15 is 0 Å². The van der Waals surface area contributed by atoms with Crippen LogP contribution in [-0.4, -0.2) is 45.0 Å². The molecule has 124 valence electrons. The van der Waals surface area contributed by atoms with Gasteiger partial charge in [-0.3, -0.25) is 14.2 Å². The molecular weight excluding hydrogens is 299 g/mol. The predicted octanol–water partition coefficient (Wildman–Crippen LogP) is 2.24. The van der Waals surface area contributed by atoms with E-state index in [9.17, 15) is 14.2 Å². The molecule has 0 amide bonds. The van der Waals surface area contributed by atoms with Gasteiger partial charge < -0.3 is 18.5 Å². The van der Waals surface area contributed by atoms with Crippen LogP contribution < -0.4 is 0 Å². The molecule has 0 aliphatic rings. The highest BCUT2D eigenvalue weighted by Crippen LogP contribution is 2.44. The summed E-state index contributed by atoms with van der Waals surface area (Å²) in [5.74, 6) is -1.91. The number of hydrogen-bond acceptors (Lipinski definition) is 7. The Labute approximate surface area is 125 Å². The van der Waals surface area contributed by atoms with Gasteiger partial charge in [-0.05, 0) is 27.7 Å². The minimum absolute atomic E-state index is 0.0690. The Kier molecular flexibility index (Phi) is 9.49. The first kappa shape index (κ1) is 20.1. The van der Waals surface area contributed by atoms with Gasteiger partial charge in [0.1, 0.15) is 0 Å². The second-order valence-electron chi connectivity index (χ2n) is 4.67. The molecule has 0 fully saturated rings. The molecule has 0 aromatic heterocycles. The van der Waals surface area contributed by atoms with E-state index in [1.807, 2.05) is 0 Å². The maximum absolute atomic E-state index is 12.0. The zero-order valence-corrected chi connectivity index (χ0v) is 14.2. The molecule has 0 aliphatic heterocycles. The van der Waals surface area contributed by atoms with Crippen LogP contribution in [0.15, 0.2) is 0 Å². The van der Waals surface area contributed by atoms with E-state index in [0.29, 0.717) is 0 Å². The van der Waals surface area contributed by atoms with Crippen molar-refractivity contribution in [3.8, 4) is 0 Å². The number of ether oxygens (including phenoxy) is 2. The Bertz CT molecular complexity index is 351. The number of rotatable bonds is 10. The lowest BCUT2D eigenvalue weighted by Gasteiger charge is -2.18. The monoisotopic (exact) mass is 324 g/mol. The molecule has 0 N–H and O–H groups in total. The van der Waals surface area contributed by atoms with Crippen LogP contribution in [0.25, 0.3) is 0 Å². The number of hydrogen-bond donors (Lipinski definition) is 0. The standard InChI is InChI=1S/C13H25O7P/c1-6-17-12(14)10(3)8-19-21(5,16)20-9-11(4)13(15)18-7-2/h10-11H,6-9H2,1-5H3. The van der Waals surface area contributed by atoms with Crippen molar-refractivity contribution in [1.82, 2.24) is 0 Å². The molecule has 0 heterocycles. The Hall–Kier alpha value is -0.910. The van der Waals surface area contributed by atoms with Gasteiger partial charge in [-0.25, -0.2) is 0 Å². The molecule has 0 rings (SSSR count). The summed E-state index contributed by atoms with van der Waals surface area (Å²) in [5, 5.41) is 0. The van der Waals surface area contributed by atoms with Gasteiger partial charge in [-0.15, -0.1) is 0 Å². The summed E-state index contributed by atoms with van der Waals surface area (Å²) in [6, 6.07) is 0. The molecule has 8 heteroatoms. The quantitative estimate of drug-likeness (QED) is 0.450. The molecule has 7 nitrogen and oxygen atoms in total. The molecule has 0 saturated heterocycles. The minimum atomic E-state index is -3.33. The van der Waals surface area contributed by atoms with E-state index in [2.05, 4.69) is 0 Å². The molecule has 0 radical (unpaired) electrons. The van der Waals surface area contributed by atoms with Gasteiger partial charge in [0.15, 0.2) is 0 Å². The Morgan fingerprint density at radius 2 is 1.24 bits per heavy atom. The molecule has 2 unspecified atom stereocenters. The van der Waals surface area contributed by atoms with Crippen molar-refractivity contribution in [2.75, 3.05) is 33.1 Å². The molecule has 0 bridgehead atoms. The molecule has 2 atom stereocenters. The van der Waals surface area contributed by atoms with Crippen LogP contribution in [0.5, 0.6) is 0 Å². The van der Waals surface area contributed by atoms with Gasteiger partial charge in [-0.2, -0.15) is 0 Å². The largest absolute Gasteiger partial charge is 0.466 e. The van der Waals surface area contributed by atoms with Gasteiger partial charge in [0.05, 0.1) is 38.3 Å². The summed E-state index contributed by atoms with van der Waals surface area (Å²) in [6.45, 7) is 8.34. The maximum atomic E-state index is 12.0. The molecule has 0 saturated carbocycles. The number of carbonyl (C=O) groups excluding carboxylic acids is 2. The first-order chi connectivity index (χ1) is 9.73. The number of esters is 2. The second kappa shape index (κ2) is 9.92. The summed E-state index contributed by atoms with van der Waals surface area (Å²) < 4.78 is 31.9. The summed E-state index contributed by atoms with van der Waals surface area (Å²) in [7, 11) is -3.33. The first-order valence-corrected chi connectivity index (χ1v) is 8.92. The van der Waals surface area contributed by atoms with Crippen molar-refractivity contribution in [2.45, 2.75) is 27.7 Å². The Morgan fingerprint density at radius 1 is 0.905 bits per heavy atom. The fourth-order valence-electron chi connectivity index (χ4n) is 1.24. The van der Waals surface area contributed by atoms with E-state index in [1.165, 1.54) is 6.66 Å². The van der Waals surface area contributed by atoms with Crippen LogP contribution in [-0.2, 0) is 32.7 Å². The fraction of sp³-hybridized carbons (Fsp3) is 0.846. The highest BCUT2D eigenvalue weighted by Gasteiger charge is 2.24. The summed E-state index contributed by atoms with van der Waals surface area (Å²) in [5.41, 5.74) is 0. The second-order valence-corrected chi connectivity index (χ2v) is 6.73. The average molecular weight is 324 g/mol. The van der Waals surface area contributed by atoms with Crippen molar-refractivity contribution in [3.05, 3.63) is 0 Å². The topological polar surface area (TPSA) is 88.1 Å². The Balaban J connectivity index is 4.17. The fourth-order valence-corrected chi connectivity index (χ4v) is 2.30. The van der Waals surface area contributed by atoms with Crippen LogP contribution in [0.3, 0.4) is 0 Å². The minimum Gasteiger partial charge on any atom is -0.466 e. The lowest BCUT2D eigenvalue weighted by atomic mass is 10.2. The van der Waals surface area contributed by atoms with Crippen molar-refractivity contribution in [2.24, 2.45) is 11.8 Å². The third-order valence-corrected chi connectivity index (χ3v) is 3.73. The molecule has 0 aromatic rings. The van der Waals surface area contributed by atoms with Crippen LogP contribution in [0.2, 0.25) is 0 Å². The predicted molar refractivity (Wildman–Crippen MR) is 77.0 cm³/mol. The molecule has 0 aromatic carbocycles. The van der Waals surface area contributed by atoms with Crippen LogP contribution in [0.1, 0.15) is 27.7 Å².